The number of carbonyl (C=O) groups is 1. The molecule has 0 bridgehead atoms. The largest absolute Gasteiger partial charge is 0.493 e. The molecule has 110 valence electrons. The van der Waals surface area contributed by atoms with E-state index in [0.29, 0.717) is 17.1 Å². The van der Waals surface area contributed by atoms with Crippen molar-refractivity contribution in [3.05, 3.63) is 30.1 Å². The zero-order valence-corrected chi connectivity index (χ0v) is 11.6. The van der Waals surface area contributed by atoms with Crippen molar-refractivity contribution < 1.29 is 14.3 Å². The highest BCUT2D eigenvalue weighted by Crippen LogP contribution is 2.29. The molecule has 0 aliphatic carbocycles. The molecule has 0 unspecified atom stereocenters. The number of hydrogen-bond acceptors (Lipinski definition) is 7. The van der Waals surface area contributed by atoms with Gasteiger partial charge in [-0.25, -0.2) is 10.1 Å². The molecule has 1 aromatic heterocycles. The number of para-hydroxylation sites is 1. The second-order valence-electron chi connectivity index (χ2n) is 3.88. The highest BCUT2D eigenvalue weighted by atomic mass is 16.5. The van der Waals surface area contributed by atoms with Gasteiger partial charge in [0.15, 0.2) is 11.5 Å². The summed E-state index contributed by atoms with van der Waals surface area (Å²) in [6, 6.07) is 5.36. The second kappa shape index (κ2) is 6.98. The lowest BCUT2D eigenvalue weighted by atomic mass is 10.2. The number of nitrogens with zero attached hydrogens (tertiary/aromatic N) is 5. The van der Waals surface area contributed by atoms with Crippen LogP contribution in [0.2, 0.25) is 0 Å². The monoisotopic (exact) mass is 290 g/mol. The van der Waals surface area contributed by atoms with E-state index in [4.69, 9.17) is 9.47 Å². The number of hydrazone groups is 1. The molecule has 0 atom stereocenters. The number of ether oxygens (including phenoxy) is 2. The van der Waals surface area contributed by atoms with Gasteiger partial charge in [-0.2, -0.15) is 5.10 Å². The van der Waals surface area contributed by atoms with Crippen LogP contribution in [-0.2, 0) is 11.3 Å². The van der Waals surface area contributed by atoms with Crippen LogP contribution in [0.4, 0.5) is 0 Å². The summed E-state index contributed by atoms with van der Waals surface area (Å²) in [5.74, 6) is 0.778. The maximum absolute atomic E-state index is 11.6. The van der Waals surface area contributed by atoms with E-state index in [1.807, 2.05) is 0 Å². The highest BCUT2D eigenvalue weighted by Gasteiger charge is 2.07. The summed E-state index contributed by atoms with van der Waals surface area (Å²) in [6.07, 6.45) is 2.81. The third-order valence-corrected chi connectivity index (χ3v) is 2.52. The van der Waals surface area contributed by atoms with E-state index < -0.39 is 0 Å². The number of amides is 1. The maximum atomic E-state index is 11.6. The number of carbonyl (C=O) groups excluding carboxylic acids is 1. The molecule has 1 amide bonds. The first kappa shape index (κ1) is 14.4. The van der Waals surface area contributed by atoms with Crippen molar-refractivity contribution in [2.24, 2.45) is 5.10 Å². The van der Waals surface area contributed by atoms with Gasteiger partial charge in [0.2, 0.25) is 0 Å². The number of methoxy groups -OCH3 is 2. The van der Waals surface area contributed by atoms with Crippen molar-refractivity contribution in [2.75, 3.05) is 14.2 Å². The van der Waals surface area contributed by atoms with E-state index in [1.54, 1.807) is 25.3 Å². The van der Waals surface area contributed by atoms with Gasteiger partial charge in [0.1, 0.15) is 12.9 Å². The Kier molecular flexibility index (Phi) is 4.80. The van der Waals surface area contributed by atoms with Crippen molar-refractivity contribution >= 4 is 12.1 Å². The van der Waals surface area contributed by atoms with Gasteiger partial charge in [0.25, 0.3) is 5.91 Å². The highest BCUT2D eigenvalue weighted by molar-refractivity contribution is 5.86. The molecule has 0 spiro atoms. The molecule has 1 N–H and O–H groups in total. The summed E-state index contributed by atoms with van der Waals surface area (Å²) in [5.41, 5.74) is 3.06. The number of benzene rings is 1. The summed E-state index contributed by atoms with van der Waals surface area (Å²) in [5, 5.41) is 14.3. The molecule has 0 saturated heterocycles. The molecule has 9 nitrogen and oxygen atoms in total. The zero-order chi connectivity index (χ0) is 15.1. The topological polar surface area (TPSA) is 104 Å². The van der Waals surface area contributed by atoms with Crippen LogP contribution in [0.3, 0.4) is 0 Å². The molecule has 1 aromatic carbocycles. The van der Waals surface area contributed by atoms with Crippen LogP contribution in [0.1, 0.15) is 5.56 Å². The number of rotatable bonds is 6. The minimum atomic E-state index is -0.347. The van der Waals surface area contributed by atoms with E-state index >= 15 is 0 Å². The SMILES string of the molecule is COc1cccc(/C=N/NC(=O)Cn2cnnn2)c1OC. The van der Waals surface area contributed by atoms with Crippen LogP contribution in [0.5, 0.6) is 11.5 Å². The Balaban J connectivity index is 1.99. The van der Waals surface area contributed by atoms with Gasteiger partial charge in [-0.3, -0.25) is 4.79 Å². The first-order valence-corrected chi connectivity index (χ1v) is 5.98. The van der Waals surface area contributed by atoms with Gasteiger partial charge in [-0.1, -0.05) is 6.07 Å². The summed E-state index contributed by atoms with van der Waals surface area (Å²) in [7, 11) is 3.08. The smallest absolute Gasteiger partial charge is 0.261 e. The van der Waals surface area contributed by atoms with Crippen LogP contribution in [0, 0.1) is 0 Å². The number of tetrazole rings is 1. The molecular weight excluding hydrogens is 276 g/mol. The van der Waals surface area contributed by atoms with Gasteiger partial charge in [0.05, 0.1) is 20.4 Å². The van der Waals surface area contributed by atoms with Crippen molar-refractivity contribution in [1.82, 2.24) is 25.6 Å². The quantitative estimate of drug-likeness (QED) is 0.585. The zero-order valence-electron chi connectivity index (χ0n) is 11.6. The second-order valence-corrected chi connectivity index (χ2v) is 3.88. The fraction of sp³-hybridized carbons (Fsp3) is 0.250. The Hall–Kier alpha value is -2.97. The maximum Gasteiger partial charge on any atom is 0.261 e. The summed E-state index contributed by atoms with van der Waals surface area (Å²) >= 11 is 0. The summed E-state index contributed by atoms with van der Waals surface area (Å²) in [6.45, 7) is -0.0143. The van der Waals surface area contributed by atoms with Gasteiger partial charge < -0.3 is 9.47 Å². The van der Waals surface area contributed by atoms with Gasteiger partial charge in [-0.05, 0) is 22.6 Å². The first-order chi connectivity index (χ1) is 10.2. The fourth-order valence-electron chi connectivity index (χ4n) is 1.62. The number of nitrogens with one attached hydrogen (secondary N) is 1. The molecule has 0 fully saturated rings. The minimum absolute atomic E-state index is 0.0143. The van der Waals surface area contributed by atoms with Crippen molar-refractivity contribution in [2.45, 2.75) is 6.54 Å². The average Bonchev–Trinajstić information content (AvgIpc) is 2.99. The Morgan fingerprint density at radius 2 is 2.29 bits per heavy atom. The molecule has 1 heterocycles. The van der Waals surface area contributed by atoms with Crippen molar-refractivity contribution in [3.8, 4) is 11.5 Å². The van der Waals surface area contributed by atoms with E-state index in [2.05, 4.69) is 26.1 Å². The van der Waals surface area contributed by atoms with Crippen LogP contribution in [-0.4, -0.2) is 46.5 Å². The van der Waals surface area contributed by atoms with Gasteiger partial charge >= 0.3 is 0 Å². The molecule has 0 aliphatic heterocycles. The summed E-state index contributed by atoms with van der Waals surface area (Å²) < 4.78 is 11.7. The Labute approximate surface area is 120 Å². The lowest BCUT2D eigenvalue weighted by molar-refractivity contribution is -0.121. The Morgan fingerprint density at radius 3 is 2.95 bits per heavy atom. The third kappa shape index (κ3) is 3.75. The predicted octanol–water partition coefficient (Wildman–Crippen LogP) is -0.159. The third-order valence-electron chi connectivity index (χ3n) is 2.52. The molecule has 0 radical (unpaired) electrons. The predicted molar refractivity (Wildman–Crippen MR) is 73.1 cm³/mol. The average molecular weight is 290 g/mol. The van der Waals surface area contributed by atoms with Crippen molar-refractivity contribution in [1.29, 1.82) is 0 Å². The molecule has 2 rings (SSSR count). The standard InChI is InChI=1S/C12H14N6O3/c1-20-10-5-3-4-9(12(10)21-2)6-13-15-11(19)7-18-8-14-16-17-18/h3-6,8H,7H2,1-2H3,(H,15,19)/b13-6+. The van der Waals surface area contributed by atoms with E-state index in [9.17, 15) is 4.79 Å². The van der Waals surface area contributed by atoms with E-state index in [-0.39, 0.29) is 12.5 Å². The normalized spacial score (nSPS) is 10.6. The Bertz CT molecular complexity index is 626. The van der Waals surface area contributed by atoms with Gasteiger partial charge in [-0.15, -0.1) is 5.10 Å². The molecule has 0 saturated carbocycles. The molecular formula is C12H14N6O3. The fourth-order valence-corrected chi connectivity index (χ4v) is 1.62. The van der Waals surface area contributed by atoms with Crippen molar-refractivity contribution in [3.63, 3.8) is 0 Å². The minimum Gasteiger partial charge on any atom is -0.493 e. The lowest BCUT2D eigenvalue weighted by Gasteiger charge is -2.09. The number of aromatic nitrogens is 4. The molecule has 0 aliphatic rings. The Morgan fingerprint density at radius 1 is 1.43 bits per heavy atom. The van der Waals surface area contributed by atoms with E-state index in [1.165, 1.54) is 24.3 Å². The van der Waals surface area contributed by atoms with Crippen LogP contribution in [0.15, 0.2) is 29.6 Å². The van der Waals surface area contributed by atoms with Crippen LogP contribution >= 0.6 is 0 Å². The van der Waals surface area contributed by atoms with Crippen LogP contribution in [0.25, 0.3) is 0 Å². The lowest BCUT2D eigenvalue weighted by Crippen LogP contribution is -2.23. The summed E-state index contributed by atoms with van der Waals surface area (Å²) in [4.78, 5) is 11.6. The van der Waals surface area contributed by atoms with E-state index in [0.717, 1.165) is 0 Å². The molecule has 2 aromatic rings. The van der Waals surface area contributed by atoms with Crippen LogP contribution < -0.4 is 14.9 Å². The number of hydrogen-bond donors (Lipinski definition) is 1. The first-order valence-electron chi connectivity index (χ1n) is 5.98. The van der Waals surface area contributed by atoms with Gasteiger partial charge in [0, 0.05) is 5.56 Å². The molecule has 21 heavy (non-hydrogen) atoms. The molecule has 9 heteroatoms.